The molecule has 0 fully saturated rings. The van der Waals surface area contributed by atoms with Crippen LogP contribution in [0, 0.1) is 5.82 Å². The highest BCUT2D eigenvalue weighted by molar-refractivity contribution is 8.13. The van der Waals surface area contributed by atoms with Crippen molar-refractivity contribution in [2.75, 3.05) is 24.3 Å². The monoisotopic (exact) mass is 474 g/mol. The predicted octanol–water partition coefficient (Wildman–Crippen LogP) is 5.74. The molecular formula is C27H27FN4OS. The summed E-state index contributed by atoms with van der Waals surface area (Å²) in [5.74, 6) is 0.108. The molecule has 1 amide bonds. The van der Waals surface area contributed by atoms with Crippen LogP contribution in [0.15, 0.2) is 95.1 Å². The van der Waals surface area contributed by atoms with E-state index >= 15 is 0 Å². The zero-order chi connectivity index (χ0) is 24.1. The van der Waals surface area contributed by atoms with Gasteiger partial charge in [0.1, 0.15) is 11.9 Å². The van der Waals surface area contributed by atoms with Gasteiger partial charge in [0.15, 0.2) is 5.17 Å². The van der Waals surface area contributed by atoms with E-state index in [0.29, 0.717) is 16.5 Å². The Bertz CT molecular complexity index is 1220. The Hall–Kier alpha value is -3.58. The highest BCUT2D eigenvalue weighted by atomic mass is 32.2. The first kappa shape index (κ1) is 23.6. The number of aliphatic imine (C=N–C) groups is 1. The van der Waals surface area contributed by atoms with Crippen LogP contribution in [0.25, 0.3) is 0 Å². The molecule has 0 unspecified atom stereocenters. The zero-order valence-corrected chi connectivity index (χ0v) is 20.2. The third-order valence-electron chi connectivity index (χ3n) is 5.48. The van der Waals surface area contributed by atoms with Crippen LogP contribution >= 0.6 is 11.8 Å². The summed E-state index contributed by atoms with van der Waals surface area (Å²) in [4.78, 5) is 20.3. The highest BCUT2D eigenvalue weighted by Gasteiger charge is 2.29. The van der Waals surface area contributed by atoms with Crippen LogP contribution < -0.4 is 15.5 Å². The van der Waals surface area contributed by atoms with E-state index in [9.17, 15) is 9.18 Å². The third kappa shape index (κ3) is 5.66. The molecule has 0 radical (unpaired) electrons. The molecule has 1 aliphatic rings. The number of allylic oxidation sites excluding steroid dienone is 1. The number of rotatable bonds is 6. The standard InChI is InChI=1S/C27H27FN4OS/c1-18-24(26(33)30-22-10-5-4-6-11-22)25(20-12-14-23(15-13-20)32(2)3)31-27(29-18)34-17-19-8-7-9-21(28)16-19/h4-16,25H,17H2,1-3H3,(H,29,31)(H,30,33)/t25-/m0/s1. The van der Waals surface area contributed by atoms with Gasteiger partial charge in [0, 0.05) is 36.9 Å². The molecule has 4 rings (SSSR count). The number of anilines is 2. The lowest BCUT2D eigenvalue weighted by molar-refractivity contribution is -0.113. The number of nitrogens with zero attached hydrogens (tertiary/aromatic N) is 2. The van der Waals surface area contributed by atoms with Gasteiger partial charge in [-0.25, -0.2) is 9.38 Å². The summed E-state index contributed by atoms with van der Waals surface area (Å²) in [5, 5.41) is 6.96. The fourth-order valence-electron chi connectivity index (χ4n) is 3.71. The third-order valence-corrected chi connectivity index (χ3v) is 6.44. The molecule has 0 saturated carbocycles. The van der Waals surface area contributed by atoms with Gasteiger partial charge in [-0.3, -0.25) is 4.79 Å². The molecule has 0 aliphatic carbocycles. The second kappa shape index (κ2) is 10.6. The van der Waals surface area contributed by atoms with Crippen LogP contribution in [0.1, 0.15) is 24.1 Å². The number of benzene rings is 3. The Kier molecular flexibility index (Phi) is 7.33. The number of amides is 1. The quantitative estimate of drug-likeness (QED) is 0.479. The topological polar surface area (TPSA) is 56.7 Å². The van der Waals surface area contributed by atoms with Crippen molar-refractivity contribution in [1.82, 2.24) is 5.32 Å². The van der Waals surface area contributed by atoms with Crippen LogP contribution in [0.2, 0.25) is 0 Å². The Balaban J connectivity index is 1.62. The predicted molar refractivity (Wildman–Crippen MR) is 140 cm³/mol. The maximum absolute atomic E-state index is 13.6. The van der Waals surface area contributed by atoms with Crippen molar-refractivity contribution < 1.29 is 9.18 Å². The number of para-hydroxylation sites is 1. The van der Waals surface area contributed by atoms with Crippen molar-refractivity contribution in [3.63, 3.8) is 0 Å². The average molecular weight is 475 g/mol. The first-order valence-corrected chi connectivity index (χ1v) is 12.0. The maximum atomic E-state index is 13.6. The van der Waals surface area contributed by atoms with Crippen molar-refractivity contribution in [3.8, 4) is 0 Å². The number of carbonyl (C=O) groups is 1. The summed E-state index contributed by atoms with van der Waals surface area (Å²) < 4.78 is 13.6. The molecule has 2 N–H and O–H groups in total. The van der Waals surface area contributed by atoms with E-state index in [1.807, 2.05) is 86.6 Å². The lowest BCUT2D eigenvalue weighted by Gasteiger charge is -2.27. The molecule has 0 bridgehead atoms. The van der Waals surface area contributed by atoms with Crippen LogP contribution in [0.4, 0.5) is 15.8 Å². The number of hydrogen-bond acceptors (Lipinski definition) is 5. The van der Waals surface area contributed by atoms with Crippen molar-refractivity contribution in [3.05, 3.63) is 107 Å². The lowest BCUT2D eigenvalue weighted by Crippen LogP contribution is -2.32. The molecule has 34 heavy (non-hydrogen) atoms. The van der Waals surface area contributed by atoms with E-state index < -0.39 is 6.04 Å². The SMILES string of the molecule is CC1=C(C(=O)Nc2ccccc2)[C@H](c2ccc(N(C)C)cc2)N=C(SCc2cccc(F)c2)N1. The fourth-order valence-corrected chi connectivity index (χ4v) is 4.60. The highest BCUT2D eigenvalue weighted by Crippen LogP contribution is 2.34. The Morgan fingerprint density at radius 2 is 1.79 bits per heavy atom. The van der Waals surface area contributed by atoms with Gasteiger partial charge >= 0.3 is 0 Å². The van der Waals surface area contributed by atoms with Crippen LogP contribution in [-0.2, 0) is 10.5 Å². The van der Waals surface area contributed by atoms with E-state index in [4.69, 9.17) is 4.99 Å². The molecule has 7 heteroatoms. The second-order valence-electron chi connectivity index (χ2n) is 8.23. The Morgan fingerprint density at radius 1 is 1.06 bits per heavy atom. The molecule has 174 valence electrons. The molecule has 1 atom stereocenters. The summed E-state index contributed by atoms with van der Waals surface area (Å²) in [5.41, 5.74) is 4.90. The molecule has 1 aliphatic heterocycles. The minimum atomic E-state index is -0.462. The second-order valence-corrected chi connectivity index (χ2v) is 9.19. The Morgan fingerprint density at radius 3 is 2.47 bits per heavy atom. The van der Waals surface area contributed by atoms with Gasteiger partial charge in [-0.05, 0) is 54.4 Å². The van der Waals surface area contributed by atoms with E-state index in [1.54, 1.807) is 6.07 Å². The smallest absolute Gasteiger partial charge is 0.255 e. The van der Waals surface area contributed by atoms with Crippen molar-refractivity contribution in [1.29, 1.82) is 0 Å². The summed E-state index contributed by atoms with van der Waals surface area (Å²) in [7, 11) is 3.98. The number of carbonyl (C=O) groups excluding carboxylic acids is 1. The number of halogens is 1. The molecule has 1 heterocycles. The average Bonchev–Trinajstić information content (AvgIpc) is 2.83. The van der Waals surface area contributed by atoms with Crippen LogP contribution in [0.3, 0.4) is 0 Å². The minimum Gasteiger partial charge on any atom is -0.378 e. The van der Waals surface area contributed by atoms with Gasteiger partial charge < -0.3 is 15.5 Å². The summed E-state index contributed by atoms with van der Waals surface area (Å²) >= 11 is 1.49. The van der Waals surface area contributed by atoms with Gasteiger partial charge in [0.05, 0.1) is 5.57 Å². The number of thioether (sulfide) groups is 1. The molecule has 3 aromatic carbocycles. The Labute approximate surface area is 203 Å². The summed E-state index contributed by atoms with van der Waals surface area (Å²) in [6, 6.07) is 23.5. The van der Waals surface area contributed by atoms with Crippen molar-refractivity contribution in [2.24, 2.45) is 4.99 Å². The van der Waals surface area contributed by atoms with Gasteiger partial charge in [-0.15, -0.1) is 0 Å². The van der Waals surface area contributed by atoms with E-state index in [2.05, 4.69) is 10.6 Å². The molecule has 3 aromatic rings. The van der Waals surface area contributed by atoms with E-state index in [1.165, 1.54) is 23.9 Å². The van der Waals surface area contributed by atoms with Gasteiger partial charge in [0.25, 0.3) is 5.91 Å². The number of amidine groups is 1. The first-order chi connectivity index (χ1) is 16.4. The van der Waals surface area contributed by atoms with Crippen molar-refractivity contribution >= 4 is 34.2 Å². The van der Waals surface area contributed by atoms with Crippen molar-refractivity contribution in [2.45, 2.75) is 18.7 Å². The molecule has 0 aromatic heterocycles. The number of hydrogen-bond donors (Lipinski definition) is 2. The first-order valence-electron chi connectivity index (χ1n) is 11.0. The van der Waals surface area contributed by atoms with E-state index in [-0.39, 0.29) is 11.7 Å². The lowest BCUT2D eigenvalue weighted by atomic mass is 9.95. The largest absolute Gasteiger partial charge is 0.378 e. The zero-order valence-electron chi connectivity index (χ0n) is 19.4. The summed E-state index contributed by atoms with van der Waals surface area (Å²) in [6.45, 7) is 1.89. The van der Waals surface area contributed by atoms with Gasteiger partial charge in [-0.1, -0.05) is 54.2 Å². The van der Waals surface area contributed by atoms with Crippen LogP contribution in [-0.4, -0.2) is 25.2 Å². The molecule has 0 saturated heterocycles. The molecular weight excluding hydrogens is 447 g/mol. The molecule has 5 nitrogen and oxygen atoms in total. The van der Waals surface area contributed by atoms with Gasteiger partial charge in [-0.2, -0.15) is 0 Å². The molecule has 0 spiro atoms. The van der Waals surface area contributed by atoms with E-state index in [0.717, 1.165) is 28.2 Å². The normalized spacial score (nSPS) is 15.4. The fraction of sp³-hybridized carbons (Fsp3) is 0.185. The van der Waals surface area contributed by atoms with Crippen LogP contribution in [0.5, 0.6) is 0 Å². The summed E-state index contributed by atoms with van der Waals surface area (Å²) in [6.07, 6.45) is 0. The minimum absolute atomic E-state index is 0.198. The van der Waals surface area contributed by atoms with Gasteiger partial charge in [0.2, 0.25) is 0 Å². The maximum Gasteiger partial charge on any atom is 0.255 e. The number of nitrogens with one attached hydrogen (secondary N) is 2.